The van der Waals surface area contributed by atoms with E-state index >= 15 is 0 Å². The molecule has 0 saturated carbocycles. The molecule has 0 rings (SSSR count). The van der Waals surface area contributed by atoms with Crippen LogP contribution in [0.15, 0.2) is 0 Å². The number of hydrogen-bond acceptors (Lipinski definition) is 3. The van der Waals surface area contributed by atoms with Crippen LogP contribution in [0.4, 0.5) is 0 Å². The van der Waals surface area contributed by atoms with Crippen molar-refractivity contribution in [3.8, 4) is 0 Å². The monoisotopic (exact) mass is 220 g/mol. The second kappa shape index (κ2) is 7.67. The molecule has 3 nitrogen and oxygen atoms in total. The molecule has 0 aliphatic heterocycles. The van der Waals surface area contributed by atoms with E-state index in [0.717, 1.165) is 0 Å². The summed E-state index contributed by atoms with van der Waals surface area (Å²) in [6.45, 7) is 12.1. The van der Waals surface area contributed by atoms with Crippen molar-refractivity contribution in [2.45, 2.75) is 59.7 Å². The Morgan fingerprint density at radius 2 is 1.36 bits per heavy atom. The largest absolute Gasteiger partial charge is 0.328 e. The third-order valence-corrected chi connectivity index (χ3v) is 1.31. The second-order valence-corrected chi connectivity index (χ2v) is 3.63. The van der Waals surface area contributed by atoms with E-state index in [9.17, 15) is 0 Å². The molecule has 0 spiro atoms. The summed E-state index contributed by atoms with van der Waals surface area (Å²) in [5.74, 6) is -0.906. The van der Waals surface area contributed by atoms with E-state index in [4.69, 9.17) is 14.2 Å². The third-order valence-electron chi connectivity index (χ3n) is 1.31. The zero-order valence-corrected chi connectivity index (χ0v) is 9.59. The highest BCUT2D eigenvalue weighted by molar-refractivity contribution is 5.75. The number of ether oxygens (including phenoxy) is 3. The van der Waals surface area contributed by atoms with Gasteiger partial charge in [0, 0.05) is 13.5 Å². The number of hydrogen-bond donors (Lipinski definition) is 0. The standard InChI is InChI=1S/C10H22O3.Al.3H/c1-7-11-10(6,12-8(2)3)13-9(4)5;;;;/h8-9H,7H2,1-6H3;;;;. The lowest BCUT2D eigenvalue weighted by atomic mass is 10.4. The van der Waals surface area contributed by atoms with Crippen LogP contribution in [0.5, 0.6) is 0 Å². The predicted octanol–water partition coefficient (Wildman–Crippen LogP) is 1.36. The van der Waals surface area contributed by atoms with Gasteiger partial charge in [-0.25, -0.2) is 0 Å². The van der Waals surface area contributed by atoms with Crippen molar-refractivity contribution in [1.82, 2.24) is 0 Å². The van der Waals surface area contributed by atoms with Crippen molar-refractivity contribution in [3.05, 3.63) is 0 Å². The molecule has 0 saturated heterocycles. The van der Waals surface area contributed by atoms with Crippen molar-refractivity contribution in [3.63, 3.8) is 0 Å². The SMILES string of the molecule is CCOC(C)(OC(C)C)OC(C)C.[AlH3]. The Morgan fingerprint density at radius 1 is 1.00 bits per heavy atom. The van der Waals surface area contributed by atoms with Crippen molar-refractivity contribution >= 4 is 17.4 Å². The minimum Gasteiger partial charge on any atom is -0.328 e. The summed E-state index contributed by atoms with van der Waals surface area (Å²) < 4.78 is 16.5. The second-order valence-electron chi connectivity index (χ2n) is 3.63. The summed E-state index contributed by atoms with van der Waals surface area (Å²) in [6, 6.07) is 0. The van der Waals surface area contributed by atoms with Crippen LogP contribution in [0.1, 0.15) is 41.5 Å². The van der Waals surface area contributed by atoms with Gasteiger partial charge in [-0.1, -0.05) is 0 Å². The molecule has 0 aromatic heterocycles. The molecule has 86 valence electrons. The van der Waals surface area contributed by atoms with Crippen molar-refractivity contribution < 1.29 is 14.2 Å². The van der Waals surface area contributed by atoms with Gasteiger partial charge < -0.3 is 14.2 Å². The van der Waals surface area contributed by atoms with Gasteiger partial charge in [0.1, 0.15) is 0 Å². The van der Waals surface area contributed by atoms with Gasteiger partial charge in [-0.05, 0) is 34.6 Å². The highest BCUT2D eigenvalue weighted by Crippen LogP contribution is 2.18. The Bertz CT molecular complexity index is 127. The zero-order valence-electron chi connectivity index (χ0n) is 9.59. The molecule has 0 aromatic carbocycles. The average Bonchev–Trinajstić information content (AvgIpc) is 1.81. The normalized spacial score (nSPS) is 12.0. The van der Waals surface area contributed by atoms with Gasteiger partial charge in [0.25, 0.3) is 5.97 Å². The Balaban J connectivity index is 0. The fourth-order valence-corrected chi connectivity index (χ4v) is 1.21. The van der Waals surface area contributed by atoms with Crippen LogP contribution < -0.4 is 0 Å². The summed E-state index contributed by atoms with van der Waals surface area (Å²) in [5.41, 5.74) is 0. The van der Waals surface area contributed by atoms with Gasteiger partial charge in [-0.15, -0.1) is 0 Å². The summed E-state index contributed by atoms with van der Waals surface area (Å²) >= 11 is 0. The highest BCUT2D eigenvalue weighted by Gasteiger charge is 2.29. The molecular formula is C10H25AlO3. The smallest absolute Gasteiger partial charge is 0.280 e. The van der Waals surface area contributed by atoms with E-state index in [2.05, 4.69) is 0 Å². The minimum atomic E-state index is -0.906. The highest BCUT2D eigenvalue weighted by atomic mass is 27.0. The summed E-state index contributed by atoms with van der Waals surface area (Å²) in [6.07, 6.45) is 0.186. The van der Waals surface area contributed by atoms with Gasteiger partial charge in [-0.3, -0.25) is 0 Å². The fraction of sp³-hybridized carbons (Fsp3) is 1.00. The molecule has 0 atom stereocenters. The molecule has 0 aliphatic rings. The summed E-state index contributed by atoms with van der Waals surface area (Å²) in [4.78, 5) is 0. The van der Waals surface area contributed by atoms with Gasteiger partial charge in [0.05, 0.1) is 12.2 Å². The van der Waals surface area contributed by atoms with Crippen LogP contribution in [0.3, 0.4) is 0 Å². The maximum Gasteiger partial charge on any atom is 0.280 e. The molecule has 14 heavy (non-hydrogen) atoms. The summed E-state index contributed by atoms with van der Waals surface area (Å²) in [7, 11) is 0. The first-order valence-corrected chi connectivity index (χ1v) is 4.89. The van der Waals surface area contributed by atoms with Crippen LogP contribution >= 0.6 is 0 Å². The molecule has 0 heterocycles. The minimum absolute atomic E-state index is 0. The first-order valence-electron chi connectivity index (χ1n) is 4.89. The van der Waals surface area contributed by atoms with E-state index in [-0.39, 0.29) is 29.6 Å². The van der Waals surface area contributed by atoms with Gasteiger partial charge in [-0.2, -0.15) is 0 Å². The van der Waals surface area contributed by atoms with Gasteiger partial charge in [0.2, 0.25) is 0 Å². The first kappa shape index (κ1) is 16.8. The van der Waals surface area contributed by atoms with Crippen molar-refractivity contribution in [2.24, 2.45) is 0 Å². The quantitative estimate of drug-likeness (QED) is 0.500. The maximum absolute atomic E-state index is 5.54. The predicted molar refractivity (Wildman–Crippen MR) is 62.4 cm³/mol. The first-order chi connectivity index (χ1) is 5.89. The van der Waals surface area contributed by atoms with Gasteiger partial charge >= 0.3 is 0 Å². The molecule has 0 aliphatic carbocycles. The van der Waals surface area contributed by atoms with Crippen molar-refractivity contribution in [1.29, 1.82) is 0 Å². The van der Waals surface area contributed by atoms with Crippen LogP contribution in [0.2, 0.25) is 0 Å². The Hall–Kier alpha value is 0.412. The van der Waals surface area contributed by atoms with Crippen LogP contribution in [0, 0.1) is 0 Å². The van der Waals surface area contributed by atoms with E-state index in [0.29, 0.717) is 6.61 Å². The molecule has 0 aromatic rings. The molecular weight excluding hydrogens is 195 g/mol. The van der Waals surface area contributed by atoms with Crippen LogP contribution in [-0.2, 0) is 14.2 Å². The van der Waals surface area contributed by atoms with E-state index in [1.54, 1.807) is 6.92 Å². The average molecular weight is 220 g/mol. The maximum atomic E-state index is 5.54. The van der Waals surface area contributed by atoms with Crippen molar-refractivity contribution in [2.75, 3.05) is 6.61 Å². The zero-order chi connectivity index (χ0) is 10.5. The molecule has 0 amide bonds. The van der Waals surface area contributed by atoms with E-state index in [1.807, 2.05) is 34.6 Å². The fourth-order valence-electron chi connectivity index (χ4n) is 1.21. The Labute approximate surface area is 98.2 Å². The Kier molecular flexibility index (Phi) is 9.22. The number of rotatable bonds is 6. The topological polar surface area (TPSA) is 27.7 Å². The molecule has 0 N–H and O–H groups in total. The molecule has 0 bridgehead atoms. The van der Waals surface area contributed by atoms with Crippen LogP contribution in [-0.4, -0.2) is 42.1 Å². The van der Waals surface area contributed by atoms with Crippen LogP contribution in [0.25, 0.3) is 0 Å². The third kappa shape index (κ3) is 7.78. The lowest BCUT2D eigenvalue weighted by molar-refractivity contribution is -0.388. The van der Waals surface area contributed by atoms with E-state index in [1.165, 1.54) is 0 Å². The lowest BCUT2D eigenvalue weighted by Crippen LogP contribution is -2.40. The molecule has 4 heteroatoms. The molecule has 0 fully saturated rings. The molecule has 0 radical (unpaired) electrons. The Morgan fingerprint density at radius 3 is 1.57 bits per heavy atom. The summed E-state index contributed by atoms with van der Waals surface area (Å²) in [5, 5.41) is 0. The molecule has 0 unspecified atom stereocenters. The lowest BCUT2D eigenvalue weighted by Gasteiger charge is -2.32. The van der Waals surface area contributed by atoms with E-state index < -0.39 is 5.97 Å². The van der Waals surface area contributed by atoms with Gasteiger partial charge in [0.15, 0.2) is 17.4 Å².